The van der Waals surface area contributed by atoms with Gasteiger partial charge in [-0.3, -0.25) is 0 Å². The molecule has 7 heteroatoms. The zero-order chi connectivity index (χ0) is 16.1. The van der Waals surface area contributed by atoms with E-state index in [1.54, 1.807) is 18.5 Å². The Bertz CT molecular complexity index is 424. The maximum Gasteiger partial charge on any atom is 0.279 e. The highest BCUT2D eigenvalue weighted by molar-refractivity contribution is 7.87. The minimum atomic E-state index is -3.41. The van der Waals surface area contributed by atoms with E-state index in [1.807, 2.05) is 0 Å². The van der Waals surface area contributed by atoms with Gasteiger partial charge in [0.05, 0.1) is 6.61 Å². The van der Waals surface area contributed by atoms with Crippen LogP contribution in [-0.4, -0.2) is 59.2 Å². The molecule has 0 aromatic carbocycles. The molecule has 0 bridgehead atoms. The second-order valence-corrected chi connectivity index (χ2v) is 8.63. The second-order valence-electron chi connectivity index (χ2n) is 6.82. The SMILES string of the molecule is COCC1(CNS(=O)(=O)N(C)C2CCCCC2)CCNCC1. The molecular weight excluding hydrogens is 302 g/mol. The largest absolute Gasteiger partial charge is 0.384 e. The molecule has 130 valence electrons. The van der Waals surface area contributed by atoms with Gasteiger partial charge in [0.2, 0.25) is 0 Å². The minimum Gasteiger partial charge on any atom is -0.384 e. The van der Waals surface area contributed by atoms with Crippen molar-refractivity contribution in [1.82, 2.24) is 14.3 Å². The van der Waals surface area contributed by atoms with E-state index in [9.17, 15) is 8.42 Å². The van der Waals surface area contributed by atoms with Gasteiger partial charge in [-0.15, -0.1) is 0 Å². The highest BCUT2D eigenvalue weighted by Crippen LogP contribution is 2.29. The van der Waals surface area contributed by atoms with Crippen LogP contribution >= 0.6 is 0 Å². The van der Waals surface area contributed by atoms with Crippen LogP contribution in [-0.2, 0) is 14.9 Å². The molecule has 0 spiro atoms. The first-order chi connectivity index (χ1) is 10.5. The van der Waals surface area contributed by atoms with E-state index in [1.165, 1.54) is 6.42 Å². The molecule has 1 heterocycles. The number of ether oxygens (including phenoxy) is 1. The van der Waals surface area contributed by atoms with Crippen molar-refractivity contribution in [2.75, 3.05) is 40.4 Å². The number of hydrogen-bond donors (Lipinski definition) is 2. The zero-order valence-corrected chi connectivity index (χ0v) is 14.8. The molecule has 1 aliphatic carbocycles. The predicted octanol–water partition coefficient (Wildman–Crippen LogP) is 1.10. The average molecular weight is 333 g/mol. The number of rotatable bonds is 7. The van der Waals surface area contributed by atoms with Crippen LogP contribution < -0.4 is 10.0 Å². The molecule has 0 aromatic rings. The zero-order valence-electron chi connectivity index (χ0n) is 13.9. The molecule has 2 rings (SSSR count). The van der Waals surface area contributed by atoms with Crippen LogP contribution in [0.25, 0.3) is 0 Å². The lowest BCUT2D eigenvalue weighted by Gasteiger charge is -2.38. The van der Waals surface area contributed by atoms with E-state index in [4.69, 9.17) is 4.74 Å². The van der Waals surface area contributed by atoms with Gasteiger partial charge in [-0.2, -0.15) is 12.7 Å². The molecule has 0 unspecified atom stereocenters. The lowest BCUT2D eigenvalue weighted by molar-refractivity contribution is 0.0573. The summed E-state index contributed by atoms with van der Waals surface area (Å²) in [5.41, 5.74) is -0.0829. The van der Waals surface area contributed by atoms with Crippen molar-refractivity contribution in [3.8, 4) is 0 Å². The molecular formula is C15H31N3O3S. The molecule has 22 heavy (non-hydrogen) atoms. The topological polar surface area (TPSA) is 70.7 Å². The summed E-state index contributed by atoms with van der Waals surface area (Å²) >= 11 is 0. The van der Waals surface area contributed by atoms with Crippen molar-refractivity contribution in [1.29, 1.82) is 0 Å². The van der Waals surface area contributed by atoms with Gasteiger partial charge >= 0.3 is 0 Å². The fraction of sp³-hybridized carbons (Fsp3) is 1.00. The Hall–Kier alpha value is -0.210. The van der Waals surface area contributed by atoms with Crippen LogP contribution in [0, 0.1) is 5.41 Å². The third-order valence-electron chi connectivity index (χ3n) is 5.21. The summed E-state index contributed by atoms with van der Waals surface area (Å²) in [4.78, 5) is 0. The monoisotopic (exact) mass is 333 g/mol. The van der Waals surface area contributed by atoms with Crippen molar-refractivity contribution >= 4 is 10.2 Å². The molecule has 0 amide bonds. The van der Waals surface area contributed by atoms with Crippen LogP contribution in [0.4, 0.5) is 0 Å². The van der Waals surface area contributed by atoms with Gasteiger partial charge < -0.3 is 10.1 Å². The second kappa shape index (κ2) is 8.06. The highest BCUT2D eigenvalue weighted by atomic mass is 32.2. The number of piperidine rings is 1. The van der Waals surface area contributed by atoms with Crippen LogP contribution in [0.3, 0.4) is 0 Å². The van der Waals surface area contributed by atoms with Crippen molar-refractivity contribution in [3.05, 3.63) is 0 Å². The Labute approximate surface area is 135 Å². The number of methoxy groups -OCH3 is 1. The fourth-order valence-electron chi connectivity index (χ4n) is 3.62. The normalized spacial score (nSPS) is 23.8. The van der Waals surface area contributed by atoms with Crippen LogP contribution in [0.5, 0.6) is 0 Å². The quantitative estimate of drug-likeness (QED) is 0.732. The van der Waals surface area contributed by atoms with Gasteiger partial charge in [0, 0.05) is 32.2 Å². The van der Waals surface area contributed by atoms with E-state index in [2.05, 4.69) is 10.0 Å². The van der Waals surface area contributed by atoms with Gasteiger partial charge in [-0.1, -0.05) is 19.3 Å². The molecule has 0 aromatic heterocycles. The first-order valence-corrected chi connectivity index (χ1v) is 9.85. The molecule has 2 aliphatic rings. The van der Waals surface area contributed by atoms with Crippen molar-refractivity contribution in [3.63, 3.8) is 0 Å². The first kappa shape index (κ1) is 18.1. The Balaban J connectivity index is 1.94. The van der Waals surface area contributed by atoms with Gasteiger partial charge in [-0.25, -0.2) is 4.72 Å². The summed E-state index contributed by atoms with van der Waals surface area (Å²) in [6, 6.07) is 0.151. The molecule has 6 nitrogen and oxygen atoms in total. The van der Waals surface area contributed by atoms with Gasteiger partial charge in [0.25, 0.3) is 10.2 Å². The maximum absolute atomic E-state index is 12.6. The summed E-state index contributed by atoms with van der Waals surface area (Å²) < 4.78 is 34.9. The first-order valence-electron chi connectivity index (χ1n) is 8.41. The molecule has 1 saturated heterocycles. The molecule has 1 aliphatic heterocycles. The summed E-state index contributed by atoms with van der Waals surface area (Å²) in [5, 5.41) is 3.33. The Morgan fingerprint density at radius 3 is 2.45 bits per heavy atom. The molecule has 0 radical (unpaired) electrons. The Morgan fingerprint density at radius 2 is 1.86 bits per heavy atom. The Morgan fingerprint density at radius 1 is 1.23 bits per heavy atom. The smallest absolute Gasteiger partial charge is 0.279 e. The molecule has 0 atom stereocenters. The average Bonchev–Trinajstić information content (AvgIpc) is 2.54. The lowest BCUT2D eigenvalue weighted by atomic mass is 9.80. The van der Waals surface area contributed by atoms with E-state index >= 15 is 0 Å². The predicted molar refractivity (Wildman–Crippen MR) is 88.0 cm³/mol. The number of hydrogen-bond acceptors (Lipinski definition) is 4. The van der Waals surface area contributed by atoms with Crippen LogP contribution in [0.2, 0.25) is 0 Å². The van der Waals surface area contributed by atoms with E-state index < -0.39 is 10.2 Å². The fourth-order valence-corrected chi connectivity index (χ4v) is 4.92. The van der Waals surface area contributed by atoms with E-state index in [0.717, 1.165) is 51.6 Å². The number of nitrogens with one attached hydrogen (secondary N) is 2. The van der Waals surface area contributed by atoms with E-state index in [-0.39, 0.29) is 11.5 Å². The Kier molecular flexibility index (Phi) is 6.64. The lowest BCUT2D eigenvalue weighted by Crippen LogP contribution is -2.51. The minimum absolute atomic E-state index is 0.0829. The van der Waals surface area contributed by atoms with Gasteiger partial charge in [0.1, 0.15) is 0 Å². The molecule has 2 fully saturated rings. The van der Waals surface area contributed by atoms with Gasteiger partial charge in [-0.05, 0) is 38.8 Å². The number of nitrogens with zero attached hydrogens (tertiary/aromatic N) is 1. The van der Waals surface area contributed by atoms with E-state index in [0.29, 0.717) is 13.2 Å². The standard InChI is InChI=1S/C15H31N3O3S/c1-18(14-6-4-3-5-7-14)22(19,20)17-12-15(13-21-2)8-10-16-11-9-15/h14,16-17H,3-13H2,1-2H3. The van der Waals surface area contributed by atoms with Crippen molar-refractivity contribution < 1.29 is 13.2 Å². The third kappa shape index (κ3) is 4.64. The summed E-state index contributed by atoms with van der Waals surface area (Å²) in [5.74, 6) is 0. The molecule has 2 N–H and O–H groups in total. The summed E-state index contributed by atoms with van der Waals surface area (Å²) in [6.45, 7) is 2.90. The summed E-state index contributed by atoms with van der Waals surface area (Å²) in [6.07, 6.45) is 7.32. The molecule has 1 saturated carbocycles. The van der Waals surface area contributed by atoms with Crippen LogP contribution in [0.1, 0.15) is 44.9 Å². The third-order valence-corrected chi connectivity index (χ3v) is 6.78. The van der Waals surface area contributed by atoms with Crippen LogP contribution in [0.15, 0.2) is 0 Å². The van der Waals surface area contributed by atoms with Crippen molar-refractivity contribution in [2.24, 2.45) is 5.41 Å². The summed E-state index contributed by atoms with van der Waals surface area (Å²) in [7, 11) is -0.00937. The highest BCUT2D eigenvalue weighted by Gasteiger charge is 2.35. The van der Waals surface area contributed by atoms with Gasteiger partial charge in [0.15, 0.2) is 0 Å². The maximum atomic E-state index is 12.6. The van der Waals surface area contributed by atoms with Crippen molar-refractivity contribution in [2.45, 2.75) is 51.0 Å².